The van der Waals surface area contributed by atoms with E-state index in [1.54, 1.807) is 30.5 Å². The first kappa shape index (κ1) is 20.5. The smallest absolute Gasteiger partial charge is 0.386 e. The molecule has 0 bridgehead atoms. The molecule has 2 N–H and O–H groups in total. The van der Waals surface area contributed by atoms with Crippen molar-refractivity contribution in [3.8, 4) is 0 Å². The number of rotatable bonds is 4. The molecule has 0 aromatic carbocycles. The molecule has 2 aromatic rings. The SMILES string of the molecule is CN1CCC[C@@H](NC(=O)C[N+]2=NC(C(C)(C)O)n3c(cc4sc(Cl)cc43)C2=O)C1. The van der Waals surface area contributed by atoms with Gasteiger partial charge in [0.15, 0.2) is 5.69 Å². The molecular formula is C19H25ClN5O3S+. The molecule has 1 saturated heterocycles. The minimum atomic E-state index is -1.24. The zero-order valence-electron chi connectivity index (χ0n) is 16.7. The molecule has 29 heavy (non-hydrogen) atoms. The van der Waals surface area contributed by atoms with E-state index in [1.165, 1.54) is 16.0 Å². The molecule has 2 aliphatic heterocycles. The predicted octanol–water partition coefficient (Wildman–Crippen LogP) is 2.45. The van der Waals surface area contributed by atoms with E-state index in [0.29, 0.717) is 10.0 Å². The summed E-state index contributed by atoms with van der Waals surface area (Å²) in [4.78, 5) is 27.8. The molecule has 1 unspecified atom stereocenters. The van der Waals surface area contributed by atoms with Crippen LogP contribution in [0.1, 0.15) is 43.3 Å². The zero-order chi connectivity index (χ0) is 20.9. The molecule has 156 valence electrons. The second kappa shape index (κ2) is 7.46. The third kappa shape index (κ3) is 3.96. The van der Waals surface area contributed by atoms with Crippen molar-refractivity contribution in [1.82, 2.24) is 14.8 Å². The number of thiophene rings is 1. The van der Waals surface area contributed by atoms with E-state index >= 15 is 0 Å². The average molecular weight is 439 g/mol. The van der Waals surface area contributed by atoms with Crippen molar-refractivity contribution >= 4 is 45.0 Å². The number of aromatic nitrogens is 1. The Hall–Kier alpha value is -1.81. The lowest BCUT2D eigenvalue weighted by molar-refractivity contribution is -0.501. The number of fused-ring (bicyclic) bond motifs is 3. The van der Waals surface area contributed by atoms with Crippen LogP contribution in [0.3, 0.4) is 0 Å². The van der Waals surface area contributed by atoms with Crippen molar-refractivity contribution in [2.24, 2.45) is 5.11 Å². The number of aliphatic hydroxyl groups is 1. The number of carbonyl (C=O) groups is 2. The highest BCUT2D eigenvalue weighted by atomic mass is 35.5. The fourth-order valence-electron chi connectivity index (χ4n) is 4.04. The molecule has 0 saturated carbocycles. The van der Waals surface area contributed by atoms with Crippen molar-refractivity contribution in [3.05, 3.63) is 22.2 Å². The molecule has 0 aliphatic carbocycles. The number of nitrogens with zero attached hydrogens (tertiary/aromatic N) is 4. The van der Waals surface area contributed by atoms with Crippen LogP contribution in [0.2, 0.25) is 4.34 Å². The number of likely N-dealkylation sites (tertiary alicyclic amines) is 1. The van der Waals surface area contributed by atoms with Gasteiger partial charge in [-0.3, -0.25) is 4.79 Å². The van der Waals surface area contributed by atoms with Gasteiger partial charge < -0.3 is 19.9 Å². The van der Waals surface area contributed by atoms with Gasteiger partial charge in [-0.15, -0.1) is 11.3 Å². The number of carbonyl (C=O) groups excluding carboxylic acids is 2. The van der Waals surface area contributed by atoms with E-state index in [-0.39, 0.29) is 24.4 Å². The summed E-state index contributed by atoms with van der Waals surface area (Å²) in [5, 5.41) is 18.2. The number of piperidine rings is 1. The van der Waals surface area contributed by atoms with E-state index < -0.39 is 11.8 Å². The monoisotopic (exact) mass is 438 g/mol. The van der Waals surface area contributed by atoms with Gasteiger partial charge >= 0.3 is 5.91 Å². The highest BCUT2D eigenvalue weighted by Gasteiger charge is 2.44. The van der Waals surface area contributed by atoms with Crippen LogP contribution in [-0.4, -0.2) is 69.4 Å². The van der Waals surface area contributed by atoms with E-state index in [0.717, 1.165) is 36.1 Å². The summed E-state index contributed by atoms with van der Waals surface area (Å²) < 4.78 is 4.33. The molecule has 0 spiro atoms. The molecule has 4 rings (SSSR count). The number of halogens is 1. The summed E-state index contributed by atoms with van der Waals surface area (Å²) in [7, 11) is 2.03. The summed E-state index contributed by atoms with van der Waals surface area (Å²) in [6.45, 7) is 4.92. The Kier molecular flexibility index (Phi) is 5.27. The minimum absolute atomic E-state index is 0.0718. The first-order valence-electron chi connectivity index (χ1n) is 9.66. The lowest BCUT2D eigenvalue weighted by Crippen LogP contribution is -2.49. The molecule has 0 radical (unpaired) electrons. The number of likely N-dealkylation sites (N-methyl/N-ethyl adjacent to an activating group) is 1. The molecule has 2 aromatic heterocycles. The maximum absolute atomic E-state index is 13.0. The molecule has 1 fully saturated rings. The van der Waals surface area contributed by atoms with Crippen LogP contribution in [0.25, 0.3) is 10.2 Å². The van der Waals surface area contributed by atoms with Crippen LogP contribution in [0.5, 0.6) is 0 Å². The van der Waals surface area contributed by atoms with Crippen LogP contribution >= 0.6 is 22.9 Å². The standard InChI is InChI=1S/C19H24ClN5O3S/c1-19(2,28)18-22-24(10-16(26)21-11-5-4-6-23(3)9-11)17(27)13-7-14-12(25(13)18)8-15(20)29-14/h7-8,11,18,28H,4-6,9-10H2,1-3H3/p+1/t11-,18?/m1/s1. The van der Waals surface area contributed by atoms with Gasteiger partial charge in [0.25, 0.3) is 12.5 Å². The van der Waals surface area contributed by atoms with Crippen molar-refractivity contribution in [3.63, 3.8) is 0 Å². The third-order valence-electron chi connectivity index (χ3n) is 5.36. The van der Waals surface area contributed by atoms with Gasteiger partial charge in [-0.2, -0.15) is 0 Å². The second-order valence-electron chi connectivity index (χ2n) is 8.37. The normalized spacial score (nSPS) is 23.2. The Morgan fingerprint density at radius 2 is 2.24 bits per heavy atom. The van der Waals surface area contributed by atoms with E-state index in [4.69, 9.17) is 11.6 Å². The summed E-state index contributed by atoms with van der Waals surface area (Å²) in [6.07, 6.45) is 1.21. The summed E-state index contributed by atoms with van der Waals surface area (Å²) in [5.74, 6) is -0.609. The highest BCUT2D eigenvalue weighted by Crippen LogP contribution is 2.39. The minimum Gasteiger partial charge on any atom is -0.386 e. The Bertz CT molecular complexity index is 1010. The van der Waals surface area contributed by atoms with Crippen LogP contribution in [0.15, 0.2) is 17.2 Å². The first-order chi connectivity index (χ1) is 13.6. The molecular weight excluding hydrogens is 414 g/mol. The first-order valence-corrected chi connectivity index (χ1v) is 10.9. The number of nitrogens with one attached hydrogen (secondary N) is 1. The molecule has 8 nitrogen and oxygen atoms in total. The molecule has 2 amide bonds. The van der Waals surface area contributed by atoms with Gasteiger partial charge in [-0.05, 0) is 62.2 Å². The number of hydrogen-bond acceptors (Lipinski definition) is 6. The average Bonchev–Trinajstić information content (AvgIpc) is 3.13. The maximum atomic E-state index is 13.0. The van der Waals surface area contributed by atoms with Crippen LogP contribution in [-0.2, 0) is 4.79 Å². The van der Waals surface area contributed by atoms with Crippen LogP contribution in [0.4, 0.5) is 0 Å². The summed E-state index contributed by atoms with van der Waals surface area (Å²) in [5.41, 5.74) is -0.0832. The van der Waals surface area contributed by atoms with Gasteiger partial charge in [0, 0.05) is 12.6 Å². The molecule has 4 heterocycles. The van der Waals surface area contributed by atoms with Gasteiger partial charge in [0.2, 0.25) is 6.17 Å². The Morgan fingerprint density at radius 1 is 1.48 bits per heavy atom. The van der Waals surface area contributed by atoms with Crippen molar-refractivity contribution < 1.29 is 19.4 Å². The lowest BCUT2D eigenvalue weighted by atomic mass is 10.1. The van der Waals surface area contributed by atoms with E-state index in [9.17, 15) is 14.7 Å². The Balaban J connectivity index is 1.61. The van der Waals surface area contributed by atoms with Crippen LogP contribution < -0.4 is 5.32 Å². The van der Waals surface area contributed by atoms with Crippen molar-refractivity contribution in [1.29, 1.82) is 0 Å². The highest BCUT2D eigenvalue weighted by molar-refractivity contribution is 7.22. The topological polar surface area (TPSA) is 89.9 Å². The van der Waals surface area contributed by atoms with Crippen molar-refractivity contribution in [2.75, 3.05) is 26.7 Å². The molecule has 2 aliphatic rings. The largest absolute Gasteiger partial charge is 0.460 e. The number of azo groups is 2. The van der Waals surface area contributed by atoms with E-state index in [1.807, 2.05) is 7.05 Å². The zero-order valence-corrected chi connectivity index (χ0v) is 18.3. The van der Waals surface area contributed by atoms with Crippen molar-refractivity contribution in [2.45, 2.75) is 44.5 Å². The summed E-state index contributed by atoms with van der Waals surface area (Å²) in [6, 6.07) is 3.60. The van der Waals surface area contributed by atoms with Crippen LogP contribution in [0, 0.1) is 0 Å². The number of hydrogen-bond donors (Lipinski definition) is 2. The van der Waals surface area contributed by atoms with Gasteiger partial charge in [0.1, 0.15) is 5.60 Å². The number of amides is 2. The Labute approximate surface area is 177 Å². The third-order valence-corrected chi connectivity index (χ3v) is 6.56. The summed E-state index contributed by atoms with van der Waals surface area (Å²) >= 11 is 7.49. The van der Waals surface area contributed by atoms with Gasteiger partial charge in [-0.1, -0.05) is 11.6 Å². The van der Waals surface area contributed by atoms with E-state index in [2.05, 4.69) is 15.3 Å². The fourth-order valence-corrected chi connectivity index (χ4v) is 5.21. The van der Waals surface area contributed by atoms with Gasteiger partial charge in [0.05, 0.1) is 14.6 Å². The quantitative estimate of drug-likeness (QED) is 0.717. The lowest BCUT2D eigenvalue weighted by Gasteiger charge is -2.30. The Morgan fingerprint density at radius 3 is 2.93 bits per heavy atom. The molecule has 10 heteroatoms. The predicted molar refractivity (Wildman–Crippen MR) is 111 cm³/mol. The fraction of sp³-hybridized carbons (Fsp3) is 0.579. The molecule has 2 atom stereocenters. The maximum Gasteiger partial charge on any atom is 0.460 e. The van der Waals surface area contributed by atoms with Gasteiger partial charge in [-0.25, -0.2) is 4.79 Å². The second-order valence-corrected chi connectivity index (χ2v) is 10.1.